The second-order valence-corrected chi connectivity index (χ2v) is 8.14. The summed E-state index contributed by atoms with van der Waals surface area (Å²) in [5.74, 6) is -5.38. The van der Waals surface area contributed by atoms with Gasteiger partial charge in [0, 0.05) is 35.1 Å². The number of carboxylic acid groups (broad SMARTS) is 2. The first-order chi connectivity index (χ1) is 18.7. The van der Waals surface area contributed by atoms with E-state index in [0.717, 1.165) is 0 Å². The molecule has 0 radical (unpaired) electrons. The van der Waals surface area contributed by atoms with Crippen LogP contribution < -0.4 is 29.2 Å². The maximum atomic E-state index is 11.5. The Kier molecular flexibility index (Phi) is 15.9. The van der Waals surface area contributed by atoms with Crippen LogP contribution in [0.25, 0.3) is 0 Å². The van der Waals surface area contributed by atoms with Crippen molar-refractivity contribution in [3.63, 3.8) is 0 Å². The molecule has 2 atom stereocenters. The third-order valence-electron chi connectivity index (χ3n) is 4.71. The number of rotatable bonds is 12. The molecule has 0 fully saturated rings. The van der Waals surface area contributed by atoms with Gasteiger partial charge in [0.25, 0.3) is 0 Å². The van der Waals surface area contributed by atoms with Crippen LogP contribution in [0.1, 0.15) is 61.3 Å². The van der Waals surface area contributed by atoms with Crippen molar-refractivity contribution in [2.24, 2.45) is 0 Å². The zero-order chi connectivity index (χ0) is 30.6. The van der Waals surface area contributed by atoms with Crippen LogP contribution in [0.5, 0.6) is 23.0 Å². The van der Waals surface area contributed by atoms with Crippen molar-refractivity contribution in [2.45, 2.75) is 53.1 Å². The van der Waals surface area contributed by atoms with Crippen LogP contribution in [-0.4, -0.2) is 46.7 Å². The molecule has 216 valence electrons. The molecule has 0 aliphatic heterocycles. The van der Waals surface area contributed by atoms with Crippen LogP contribution in [0, 0.1) is 0 Å². The molecule has 0 saturated carbocycles. The summed E-state index contributed by atoms with van der Waals surface area (Å²) in [4.78, 5) is 45.2. The molecule has 2 N–H and O–H groups in total. The number of benzene rings is 2. The molecule has 2 aromatic carbocycles. The van der Waals surface area contributed by atoms with E-state index in [0.29, 0.717) is 0 Å². The van der Waals surface area contributed by atoms with Crippen molar-refractivity contribution in [1.82, 2.24) is 0 Å². The van der Waals surface area contributed by atoms with Gasteiger partial charge in [0.15, 0.2) is 35.6 Å². The molecule has 0 aliphatic carbocycles. The molecule has 0 spiro atoms. The molecule has 0 bridgehead atoms. The molecule has 2 rings (SSSR count). The second kappa shape index (κ2) is 17.6. The zero-order valence-corrected chi connectivity index (χ0v) is 26.1. The van der Waals surface area contributed by atoms with Crippen LogP contribution in [0.15, 0.2) is 60.7 Å². The molecule has 0 amide bonds. The molecule has 2 aromatic rings. The SMILES string of the molecule is C=C(C)C(=O)Oc1c(OC(O)CC)cccc1C(=O)[O-].C=C(C)C(=O)Oc1c(OC(O)CC)cccc1C(=O)[O-].[Zn+2]. The first-order valence-corrected chi connectivity index (χ1v) is 11.9. The Morgan fingerprint density at radius 3 is 1.29 bits per heavy atom. The number of para-hydroxylation sites is 2. The van der Waals surface area contributed by atoms with Crippen molar-refractivity contribution in [3.05, 3.63) is 71.8 Å². The predicted octanol–water partition coefficient (Wildman–Crippen LogP) is 1.28. The smallest absolute Gasteiger partial charge is 0.545 e. The van der Waals surface area contributed by atoms with E-state index in [9.17, 15) is 39.6 Å². The number of carboxylic acids is 2. The molecule has 12 nitrogen and oxygen atoms in total. The third kappa shape index (κ3) is 11.5. The number of ether oxygens (including phenoxy) is 4. The van der Waals surface area contributed by atoms with E-state index in [1.807, 2.05) is 0 Å². The van der Waals surface area contributed by atoms with Gasteiger partial charge in [0.2, 0.25) is 0 Å². The van der Waals surface area contributed by atoms with E-state index >= 15 is 0 Å². The maximum Gasteiger partial charge on any atom is 2.00 e. The van der Waals surface area contributed by atoms with Gasteiger partial charge >= 0.3 is 31.4 Å². The van der Waals surface area contributed by atoms with Crippen LogP contribution in [0.4, 0.5) is 0 Å². The Hall–Kier alpha value is -4.06. The Morgan fingerprint density at radius 2 is 1.05 bits per heavy atom. The Bertz CT molecular complexity index is 1170. The molecule has 0 saturated heterocycles. The van der Waals surface area contributed by atoms with Crippen molar-refractivity contribution in [1.29, 1.82) is 0 Å². The Balaban J connectivity index is 0.000000762. The summed E-state index contributed by atoms with van der Waals surface area (Å²) in [6.45, 7) is 13.0. The first kappa shape index (κ1) is 36.9. The Labute approximate surface area is 249 Å². The van der Waals surface area contributed by atoms with E-state index < -0.39 is 36.5 Å². The monoisotopic (exact) mass is 622 g/mol. The van der Waals surface area contributed by atoms with Gasteiger partial charge in [-0.2, -0.15) is 0 Å². The minimum absolute atomic E-state index is 0. The summed E-state index contributed by atoms with van der Waals surface area (Å²) in [7, 11) is 0. The fourth-order valence-electron chi connectivity index (χ4n) is 2.57. The second-order valence-electron chi connectivity index (χ2n) is 8.14. The average Bonchev–Trinajstić information content (AvgIpc) is 2.90. The largest absolute Gasteiger partial charge is 2.00 e. The van der Waals surface area contributed by atoms with E-state index in [1.54, 1.807) is 13.8 Å². The number of aromatic carboxylic acids is 2. The van der Waals surface area contributed by atoms with Crippen molar-refractivity contribution < 1.29 is 78.0 Å². The molecule has 0 aliphatic rings. The first-order valence-electron chi connectivity index (χ1n) is 11.9. The maximum absolute atomic E-state index is 11.5. The number of hydrogen-bond acceptors (Lipinski definition) is 12. The number of carbonyl (C=O) groups is 4. The summed E-state index contributed by atoms with van der Waals surface area (Å²) in [6.07, 6.45) is -1.73. The van der Waals surface area contributed by atoms with E-state index in [2.05, 4.69) is 13.2 Å². The molecule has 0 heterocycles. The predicted molar refractivity (Wildman–Crippen MR) is 136 cm³/mol. The van der Waals surface area contributed by atoms with Crippen LogP contribution in [0.2, 0.25) is 0 Å². The van der Waals surface area contributed by atoms with E-state index in [4.69, 9.17) is 18.9 Å². The number of esters is 2. The summed E-state index contributed by atoms with van der Waals surface area (Å²) >= 11 is 0. The van der Waals surface area contributed by atoms with Gasteiger partial charge in [-0.3, -0.25) is 0 Å². The topological polar surface area (TPSA) is 192 Å². The molecule has 0 aromatic heterocycles. The fourth-order valence-corrected chi connectivity index (χ4v) is 2.57. The number of aliphatic hydroxyl groups is 2. The van der Waals surface area contributed by atoms with Gasteiger partial charge in [-0.15, -0.1) is 0 Å². The van der Waals surface area contributed by atoms with Crippen molar-refractivity contribution >= 4 is 23.9 Å². The summed E-state index contributed by atoms with van der Waals surface area (Å²) in [5.41, 5.74) is -0.499. The number of hydrogen-bond donors (Lipinski definition) is 2. The minimum Gasteiger partial charge on any atom is -0.545 e. The average molecular weight is 624 g/mol. The molecule has 2 unspecified atom stereocenters. The third-order valence-corrected chi connectivity index (χ3v) is 4.71. The summed E-state index contributed by atoms with van der Waals surface area (Å²) < 4.78 is 20.1. The van der Waals surface area contributed by atoms with Gasteiger partial charge in [-0.05, 0) is 38.1 Å². The molecule has 13 heteroatoms. The zero-order valence-electron chi connectivity index (χ0n) is 23.1. The summed E-state index contributed by atoms with van der Waals surface area (Å²) in [6, 6.07) is 7.96. The van der Waals surface area contributed by atoms with E-state index in [1.165, 1.54) is 50.2 Å². The molecule has 41 heavy (non-hydrogen) atoms. The summed E-state index contributed by atoms with van der Waals surface area (Å²) in [5, 5.41) is 41.0. The van der Waals surface area contributed by atoms with Gasteiger partial charge in [0.1, 0.15) is 0 Å². The van der Waals surface area contributed by atoms with Crippen molar-refractivity contribution in [3.8, 4) is 23.0 Å². The van der Waals surface area contributed by atoms with Crippen LogP contribution in [0.3, 0.4) is 0 Å². The van der Waals surface area contributed by atoms with Gasteiger partial charge < -0.3 is 49.0 Å². The fraction of sp³-hybridized carbons (Fsp3) is 0.286. The number of carbonyl (C=O) groups excluding carboxylic acids is 4. The van der Waals surface area contributed by atoms with Crippen molar-refractivity contribution in [2.75, 3.05) is 0 Å². The van der Waals surface area contributed by atoms with E-state index in [-0.39, 0.29) is 77.6 Å². The number of aliphatic hydroxyl groups excluding tert-OH is 2. The quantitative estimate of drug-likeness (QED) is 0.113. The molecular weight excluding hydrogens is 594 g/mol. The standard InChI is InChI=1S/2C14H16O6.Zn/c2*1-4-11(15)19-10-7-5-6-9(13(16)17)12(10)20-14(18)8(2)3;/h2*5-7,11,15H,2,4H2,1,3H3,(H,16,17);/q;;+2/p-2. The minimum atomic E-state index is -1.52. The van der Waals surface area contributed by atoms with Gasteiger partial charge in [-0.1, -0.05) is 39.1 Å². The Morgan fingerprint density at radius 1 is 0.732 bits per heavy atom. The molecular formula is C28H30O12Zn. The van der Waals surface area contributed by atoms with Gasteiger partial charge in [0.05, 0.1) is 11.9 Å². The van der Waals surface area contributed by atoms with Crippen LogP contribution in [-0.2, 0) is 29.1 Å². The van der Waals surface area contributed by atoms with Gasteiger partial charge in [-0.25, -0.2) is 9.59 Å². The van der Waals surface area contributed by atoms with Crippen LogP contribution >= 0.6 is 0 Å². The normalized spacial score (nSPS) is 11.3.